The number of nitriles is 1. The number of hydrogen-bond donors (Lipinski definition) is 3. The van der Waals surface area contributed by atoms with E-state index in [2.05, 4.69) is 27.8 Å². The number of aryl methyl sites for hydroxylation is 2. The summed E-state index contributed by atoms with van der Waals surface area (Å²) in [4.78, 5) is 11.9. The van der Waals surface area contributed by atoms with E-state index in [1.54, 1.807) is 27.7 Å². The fourth-order valence-corrected chi connectivity index (χ4v) is 2.63. The summed E-state index contributed by atoms with van der Waals surface area (Å²) >= 11 is 0. The molecule has 3 N–H and O–H groups in total. The molecule has 3 aromatic rings. The van der Waals surface area contributed by atoms with E-state index < -0.39 is 0 Å². The van der Waals surface area contributed by atoms with Crippen molar-refractivity contribution in [2.45, 2.75) is 19.3 Å². The number of carbonyl (C=O) groups is 1. The van der Waals surface area contributed by atoms with Crippen LogP contribution in [0.5, 0.6) is 5.75 Å². The van der Waals surface area contributed by atoms with Gasteiger partial charge in [-0.05, 0) is 29.7 Å². The zero-order valence-corrected chi connectivity index (χ0v) is 17.4. The van der Waals surface area contributed by atoms with E-state index in [9.17, 15) is 9.90 Å². The van der Waals surface area contributed by atoms with Crippen LogP contribution in [0.1, 0.15) is 30.4 Å². The summed E-state index contributed by atoms with van der Waals surface area (Å²) < 4.78 is 3.51. The molecule has 0 spiro atoms. The van der Waals surface area contributed by atoms with E-state index in [0.29, 0.717) is 12.5 Å². The monoisotopic (exact) mass is 409 g/mol. The molecule has 0 aliphatic rings. The summed E-state index contributed by atoms with van der Waals surface area (Å²) in [6, 6.07) is 8.43. The van der Waals surface area contributed by atoms with Gasteiger partial charge in [0.25, 0.3) is 0 Å². The van der Waals surface area contributed by atoms with Crippen LogP contribution in [-0.2, 0) is 18.9 Å². The van der Waals surface area contributed by atoms with Crippen molar-refractivity contribution < 1.29 is 9.90 Å². The number of nitrogens with one attached hydrogen (secondary N) is 2. The van der Waals surface area contributed by atoms with Gasteiger partial charge in [-0.2, -0.15) is 15.5 Å². The lowest BCUT2D eigenvalue weighted by molar-refractivity contribution is -0.116. The van der Waals surface area contributed by atoms with Gasteiger partial charge in [-0.1, -0.05) is 13.0 Å². The van der Waals surface area contributed by atoms with E-state index in [4.69, 9.17) is 5.26 Å². The second kappa shape index (κ2) is 11.4. The third-order valence-corrected chi connectivity index (χ3v) is 4.34. The highest BCUT2D eigenvalue weighted by atomic mass is 16.3. The van der Waals surface area contributed by atoms with Gasteiger partial charge in [-0.15, -0.1) is 0 Å². The number of para-hydroxylation sites is 1. The van der Waals surface area contributed by atoms with Crippen LogP contribution in [-0.4, -0.2) is 43.7 Å². The second-order valence-corrected chi connectivity index (χ2v) is 6.84. The summed E-state index contributed by atoms with van der Waals surface area (Å²) in [6.07, 6.45) is 7.73. The molecule has 3 rings (SSSR count). The minimum Gasteiger partial charge on any atom is -0.504 e. The SMILES string of the molecule is CC(CNCCC(=O)Nc1cccc(C#N)c1O)c1cnn(C)c1.Cn1cccn1. The predicted octanol–water partition coefficient (Wildman–Crippen LogP) is 2.14. The number of phenols is 1. The molecule has 0 saturated carbocycles. The van der Waals surface area contributed by atoms with Crippen LogP contribution in [0.3, 0.4) is 0 Å². The number of carbonyl (C=O) groups excluding carboxylic acids is 1. The quantitative estimate of drug-likeness (QED) is 0.406. The molecule has 2 heterocycles. The Kier molecular flexibility index (Phi) is 8.59. The first-order chi connectivity index (χ1) is 14.4. The van der Waals surface area contributed by atoms with Gasteiger partial charge < -0.3 is 15.7 Å². The number of benzene rings is 1. The Bertz CT molecular complexity index is 974. The second-order valence-electron chi connectivity index (χ2n) is 6.84. The molecule has 0 saturated heterocycles. The summed E-state index contributed by atoms with van der Waals surface area (Å²) in [5.74, 6) is -0.119. The van der Waals surface area contributed by atoms with Gasteiger partial charge in [-0.3, -0.25) is 14.2 Å². The summed E-state index contributed by atoms with van der Waals surface area (Å²) in [5.41, 5.74) is 1.53. The summed E-state index contributed by atoms with van der Waals surface area (Å²) in [5, 5.41) is 32.5. The Morgan fingerprint density at radius 1 is 1.27 bits per heavy atom. The maximum atomic E-state index is 11.9. The molecule has 1 unspecified atom stereocenters. The molecule has 30 heavy (non-hydrogen) atoms. The molecule has 9 nitrogen and oxygen atoms in total. The lowest BCUT2D eigenvalue weighted by atomic mass is 10.1. The van der Waals surface area contributed by atoms with Crippen molar-refractivity contribution >= 4 is 11.6 Å². The minimum absolute atomic E-state index is 0.135. The first-order valence-electron chi connectivity index (χ1n) is 9.55. The third kappa shape index (κ3) is 7.07. The van der Waals surface area contributed by atoms with Crippen molar-refractivity contribution in [2.24, 2.45) is 14.1 Å². The molecule has 9 heteroatoms. The molecule has 1 atom stereocenters. The van der Waals surface area contributed by atoms with E-state index in [0.717, 1.165) is 12.1 Å². The molecule has 1 aromatic carbocycles. The lowest BCUT2D eigenvalue weighted by Gasteiger charge is -2.11. The Morgan fingerprint density at radius 3 is 2.63 bits per heavy atom. The van der Waals surface area contributed by atoms with Gasteiger partial charge in [-0.25, -0.2) is 0 Å². The van der Waals surface area contributed by atoms with Gasteiger partial charge in [0.2, 0.25) is 5.91 Å². The largest absolute Gasteiger partial charge is 0.504 e. The standard InChI is InChI=1S/C17H21N5O2.C4H6N2/c1-12(14-10-20-22(2)11-14)9-19-7-6-16(23)21-15-5-3-4-13(8-18)17(15)24;1-6-4-2-3-5-6/h3-5,10-12,19,24H,6-7,9H2,1-2H3,(H,21,23);2-4H,1H3. The van der Waals surface area contributed by atoms with E-state index >= 15 is 0 Å². The van der Waals surface area contributed by atoms with Crippen molar-refractivity contribution in [3.8, 4) is 11.8 Å². The van der Waals surface area contributed by atoms with Gasteiger partial charge in [0, 0.05) is 52.2 Å². The molecule has 0 radical (unpaired) electrons. The Labute approximate surface area is 175 Å². The Morgan fingerprint density at radius 2 is 2.07 bits per heavy atom. The van der Waals surface area contributed by atoms with Gasteiger partial charge >= 0.3 is 0 Å². The van der Waals surface area contributed by atoms with Crippen molar-refractivity contribution in [3.05, 3.63) is 60.2 Å². The molecule has 158 valence electrons. The molecular weight excluding hydrogens is 382 g/mol. The van der Waals surface area contributed by atoms with Crippen LogP contribution in [0, 0.1) is 11.3 Å². The predicted molar refractivity (Wildman–Crippen MR) is 114 cm³/mol. The number of phenolic OH excluding ortho intramolecular Hbond substituents is 1. The van der Waals surface area contributed by atoms with Crippen LogP contribution < -0.4 is 10.6 Å². The van der Waals surface area contributed by atoms with E-state index in [-0.39, 0.29) is 29.3 Å². The molecule has 0 aliphatic carbocycles. The van der Waals surface area contributed by atoms with Gasteiger partial charge in [0.05, 0.1) is 17.4 Å². The van der Waals surface area contributed by atoms with E-state index in [1.165, 1.54) is 6.07 Å². The zero-order valence-electron chi connectivity index (χ0n) is 17.4. The number of amides is 1. The smallest absolute Gasteiger partial charge is 0.225 e. The van der Waals surface area contributed by atoms with Crippen LogP contribution >= 0.6 is 0 Å². The van der Waals surface area contributed by atoms with Crippen molar-refractivity contribution in [3.63, 3.8) is 0 Å². The first-order valence-corrected chi connectivity index (χ1v) is 9.55. The molecule has 0 aliphatic heterocycles. The maximum absolute atomic E-state index is 11.9. The summed E-state index contributed by atoms with van der Waals surface area (Å²) in [7, 11) is 3.77. The molecule has 0 fully saturated rings. The number of aromatic hydroxyl groups is 1. The fourth-order valence-electron chi connectivity index (χ4n) is 2.63. The van der Waals surface area contributed by atoms with Crippen molar-refractivity contribution in [1.29, 1.82) is 5.26 Å². The number of aromatic nitrogens is 4. The normalized spacial score (nSPS) is 11.1. The molecule has 0 bridgehead atoms. The Balaban J connectivity index is 0.000000456. The fraction of sp³-hybridized carbons (Fsp3) is 0.333. The van der Waals surface area contributed by atoms with Gasteiger partial charge in [0.1, 0.15) is 6.07 Å². The van der Waals surface area contributed by atoms with Crippen molar-refractivity contribution in [2.75, 3.05) is 18.4 Å². The third-order valence-electron chi connectivity index (χ3n) is 4.34. The number of anilines is 1. The highest BCUT2D eigenvalue weighted by molar-refractivity contribution is 5.92. The minimum atomic E-state index is -0.220. The average Bonchev–Trinajstić information content (AvgIpc) is 3.38. The van der Waals surface area contributed by atoms with Crippen LogP contribution in [0.15, 0.2) is 49.1 Å². The van der Waals surface area contributed by atoms with Gasteiger partial charge in [0.15, 0.2) is 5.75 Å². The highest BCUT2D eigenvalue weighted by Gasteiger charge is 2.10. The Hall–Kier alpha value is -3.64. The van der Waals surface area contributed by atoms with Crippen LogP contribution in [0.2, 0.25) is 0 Å². The summed E-state index contributed by atoms with van der Waals surface area (Å²) in [6.45, 7) is 3.36. The van der Waals surface area contributed by atoms with Crippen molar-refractivity contribution in [1.82, 2.24) is 24.9 Å². The molecule has 2 aromatic heterocycles. The zero-order chi connectivity index (χ0) is 21.9. The lowest BCUT2D eigenvalue weighted by Crippen LogP contribution is -2.25. The topological polar surface area (TPSA) is 121 Å². The van der Waals surface area contributed by atoms with Crippen LogP contribution in [0.4, 0.5) is 5.69 Å². The average molecular weight is 409 g/mol. The number of hydrogen-bond acceptors (Lipinski definition) is 6. The maximum Gasteiger partial charge on any atom is 0.225 e. The number of rotatable bonds is 7. The molecular formula is C21H27N7O2. The van der Waals surface area contributed by atoms with Crippen LogP contribution in [0.25, 0.3) is 0 Å². The van der Waals surface area contributed by atoms with E-state index in [1.807, 2.05) is 44.8 Å². The highest BCUT2D eigenvalue weighted by Crippen LogP contribution is 2.26. The molecule has 1 amide bonds. The first kappa shape index (κ1) is 22.6. The number of nitrogens with zero attached hydrogens (tertiary/aromatic N) is 5.